The number of benzene rings is 1. The number of anilines is 1. The minimum atomic E-state index is -0.653. The number of nitrogens with zero attached hydrogens (tertiary/aromatic N) is 3. The lowest BCUT2D eigenvalue weighted by Gasteiger charge is -2.29. The van der Waals surface area contributed by atoms with Gasteiger partial charge in [0.05, 0.1) is 17.5 Å². The maximum Gasteiger partial charge on any atom is 0.315 e. The highest BCUT2D eigenvalue weighted by atomic mass is 32.2. The maximum atomic E-state index is 12.6. The summed E-state index contributed by atoms with van der Waals surface area (Å²) in [5.74, 6) is 0.935. The summed E-state index contributed by atoms with van der Waals surface area (Å²) in [6, 6.07) is 7.88. The minimum Gasteiger partial charge on any atom is -0.393 e. The summed E-state index contributed by atoms with van der Waals surface area (Å²) in [6.45, 7) is 2.81. The number of likely N-dealkylation sites (tertiary alicyclic amines) is 1. The van der Waals surface area contributed by atoms with Crippen LogP contribution < -0.4 is 5.32 Å². The van der Waals surface area contributed by atoms with Gasteiger partial charge in [-0.25, -0.2) is 4.68 Å². The summed E-state index contributed by atoms with van der Waals surface area (Å²) in [4.78, 5) is 26.7. The number of fused-ring (bicyclic) bond motifs is 1. The number of nitrogens with one attached hydrogen (secondary N) is 1. The van der Waals surface area contributed by atoms with Gasteiger partial charge in [0.1, 0.15) is 5.82 Å². The largest absolute Gasteiger partial charge is 0.393 e. The summed E-state index contributed by atoms with van der Waals surface area (Å²) in [7, 11) is 0. The molecule has 2 amide bonds. The van der Waals surface area contributed by atoms with Crippen molar-refractivity contribution in [3.05, 3.63) is 41.1 Å². The number of hydrogen-bond acceptors (Lipinski definition) is 5. The van der Waals surface area contributed by atoms with Gasteiger partial charge in [-0.15, -0.1) is 0 Å². The van der Waals surface area contributed by atoms with Gasteiger partial charge in [-0.05, 0) is 37.5 Å². The fourth-order valence-electron chi connectivity index (χ4n) is 3.46. The molecule has 1 fully saturated rings. The molecule has 1 saturated heterocycles. The van der Waals surface area contributed by atoms with Crippen LogP contribution in [0.2, 0.25) is 0 Å². The maximum absolute atomic E-state index is 12.6. The Morgan fingerprint density at radius 3 is 2.78 bits per heavy atom. The second-order valence-corrected chi connectivity index (χ2v) is 7.98. The SMILES string of the molecule is Cc1cccc(-n2nc3c(c2NC(=O)C(=O)N2CCC(O)CC2)CSC3)c1. The van der Waals surface area contributed by atoms with Crippen LogP contribution in [0.3, 0.4) is 0 Å². The van der Waals surface area contributed by atoms with Crippen molar-refractivity contribution in [1.82, 2.24) is 14.7 Å². The third-order valence-corrected chi connectivity index (χ3v) is 5.95. The molecule has 0 bridgehead atoms. The molecule has 0 radical (unpaired) electrons. The molecule has 2 aromatic rings. The summed E-state index contributed by atoms with van der Waals surface area (Å²) < 4.78 is 1.72. The van der Waals surface area contributed by atoms with Gasteiger partial charge < -0.3 is 15.3 Å². The molecule has 27 heavy (non-hydrogen) atoms. The van der Waals surface area contributed by atoms with Gasteiger partial charge in [0.2, 0.25) is 0 Å². The Labute approximate surface area is 161 Å². The molecular weight excluding hydrogens is 364 g/mol. The van der Waals surface area contributed by atoms with E-state index < -0.39 is 11.8 Å². The van der Waals surface area contributed by atoms with Gasteiger partial charge in [-0.2, -0.15) is 16.9 Å². The lowest BCUT2D eigenvalue weighted by molar-refractivity contribution is -0.144. The first-order valence-electron chi connectivity index (χ1n) is 9.07. The van der Waals surface area contributed by atoms with Crippen molar-refractivity contribution >= 4 is 29.4 Å². The smallest absolute Gasteiger partial charge is 0.315 e. The van der Waals surface area contributed by atoms with Crippen LogP contribution in [-0.4, -0.2) is 50.8 Å². The number of carbonyl (C=O) groups excluding carboxylic acids is 2. The molecule has 0 spiro atoms. The summed E-state index contributed by atoms with van der Waals surface area (Å²) in [5, 5.41) is 17.1. The number of aliphatic hydroxyl groups is 1. The van der Waals surface area contributed by atoms with E-state index in [0.29, 0.717) is 31.7 Å². The molecule has 4 rings (SSSR count). The number of piperidine rings is 1. The van der Waals surface area contributed by atoms with Gasteiger partial charge in [-0.3, -0.25) is 9.59 Å². The molecule has 0 saturated carbocycles. The van der Waals surface area contributed by atoms with E-state index in [0.717, 1.165) is 34.0 Å². The van der Waals surface area contributed by atoms with Crippen LogP contribution in [0.25, 0.3) is 5.69 Å². The van der Waals surface area contributed by atoms with Crippen molar-refractivity contribution in [2.45, 2.75) is 37.4 Å². The molecule has 2 N–H and O–H groups in total. The van der Waals surface area contributed by atoms with Crippen LogP contribution in [0.1, 0.15) is 29.7 Å². The monoisotopic (exact) mass is 386 g/mol. The van der Waals surface area contributed by atoms with E-state index in [4.69, 9.17) is 0 Å². The Kier molecular flexibility index (Phi) is 4.92. The van der Waals surface area contributed by atoms with Gasteiger partial charge in [0.25, 0.3) is 0 Å². The summed E-state index contributed by atoms with van der Waals surface area (Å²) in [6.07, 6.45) is 0.624. The number of rotatable bonds is 2. The third-order valence-electron chi connectivity index (χ3n) is 4.98. The lowest BCUT2D eigenvalue weighted by atomic mass is 10.1. The normalized spacial score (nSPS) is 17.0. The second-order valence-electron chi connectivity index (χ2n) is 6.99. The molecule has 3 heterocycles. The Bertz CT molecular complexity index is 887. The molecule has 0 aliphatic carbocycles. The van der Waals surface area contributed by atoms with E-state index in [1.165, 1.54) is 4.90 Å². The Hall–Kier alpha value is -2.32. The zero-order valence-corrected chi connectivity index (χ0v) is 16.0. The van der Waals surface area contributed by atoms with Crippen molar-refractivity contribution in [2.24, 2.45) is 0 Å². The number of carbonyl (C=O) groups is 2. The number of thioether (sulfide) groups is 1. The molecule has 2 aliphatic rings. The molecular formula is C19H22N4O3S. The summed E-state index contributed by atoms with van der Waals surface area (Å²) in [5.41, 5.74) is 3.89. The van der Waals surface area contributed by atoms with E-state index in [2.05, 4.69) is 10.4 Å². The fourth-order valence-corrected chi connectivity index (χ4v) is 4.50. The molecule has 0 unspecified atom stereocenters. The fraction of sp³-hybridized carbons (Fsp3) is 0.421. The molecule has 0 atom stereocenters. The molecule has 7 nitrogen and oxygen atoms in total. The first-order valence-corrected chi connectivity index (χ1v) is 10.2. The predicted octanol–water partition coefficient (Wildman–Crippen LogP) is 1.85. The van der Waals surface area contributed by atoms with Crippen LogP contribution in [0.4, 0.5) is 5.82 Å². The Morgan fingerprint density at radius 2 is 2.04 bits per heavy atom. The first-order chi connectivity index (χ1) is 13.0. The number of aromatic nitrogens is 2. The highest BCUT2D eigenvalue weighted by Gasteiger charge is 2.30. The van der Waals surface area contributed by atoms with Crippen LogP contribution in [0, 0.1) is 6.92 Å². The topological polar surface area (TPSA) is 87.5 Å². The zero-order chi connectivity index (χ0) is 19.0. The average Bonchev–Trinajstić information content (AvgIpc) is 3.24. The third kappa shape index (κ3) is 3.59. The molecule has 142 valence electrons. The van der Waals surface area contributed by atoms with Crippen molar-refractivity contribution in [3.8, 4) is 5.69 Å². The van der Waals surface area contributed by atoms with Crippen LogP contribution >= 0.6 is 11.8 Å². The van der Waals surface area contributed by atoms with Gasteiger partial charge >= 0.3 is 11.8 Å². The van der Waals surface area contributed by atoms with Gasteiger partial charge in [-0.1, -0.05) is 12.1 Å². The molecule has 1 aromatic carbocycles. The van der Waals surface area contributed by atoms with Gasteiger partial charge in [0, 0.05) is 30.2 Å². The van der Waals surface area contributed by atoms with Crippen LogP contribution in [-0.2, 0) is 21.1 Å². The zero-order valence-electron chi connectivity index (χ0n) is 15.1. The van der Waals surface area contributed by atoms with Crippen LogP contribution in [0.15, 0.2) is 24.3 Å². The van der Waals surface area contributed by atoms with Gasteiger partial charge in [0.15, 0.2) is 0 Å². The number of aliphatic hydroxyl groups excluding tert-OH is 1. The number of hydrogen-bond donors (Lipinski definition) is 2. The minimum absolute atomic E-state index is 0.389. The highest BCUT2D eigenvalue weighted by molar-refractivity contribution is 7.98. The molecule has 1 aromatic heterocycles. The number of amides is 2. The van der Waals surface area contributed by atoms with Crippen LogP contribution in [0.5, 0.6) is 0 Å². The standard InChI is InChI=1S/C19H22N4O3S/c1-12-3-2-4-13(9-12)23-17(15-10-27-11-16(15)21-23)20-18(25)19(26)22-7-5-14(24)6-8-22/h2-4,9,14,24H,5-8,10-11H2,1H3,(H,20,25). The van der Waals surface area contributed by atoms with E-state index in [-0.39, 0.29) is 6.10 Å². The summed E-state index contributed by atoms with van der Waals surface area (Å²) >= 11 is 1.74. The number of aryl methyl sites for hydroxylation is 1. The van der Waals surface area contributed by atoms with Crippen molar-refractivity contribution in [1.29, 1.82) is 0 Å². The van der Waals surface area contributed by atoms with E-state index in [9.17, 15) is 14.7 Å². The molecule has 8 heteroatoms. The lowest BCUT2D eigenvalue weighted by Crippen LogP contribution is -2.45. The quantitative estimate of drug-likeness (QED) is 0.769. The van der Waals surface area contributed by atoms with E-state index in [1.54, 1.807) is 16.4 Å². The molecule has 2 aliphatic heterocycles. The Balaban J connectivity index is 1.60. The Morgan fingerprint density at radius 1 is 1.26 bits per heavy atom. The van der Waals surface area contributed by atoms with E-state index in [1.807, 2.05) is 31.2 Å². The highest BCUT2D eigenvalue weighted by Crippen LogP contribution is 2.36. The van der Waals surface area contributed by atoms with Crippen molar-refractivity contribution in [2.75, 3.05) is 18.4 Å². The van der Waals surface area contributed by atoms with Crippen molar-refractivity contribution in [3.63, 3.8) is 0 Å². The first kappa shape index (κ1) is 18.1. The second kappa shape index (κ2) is 7.36. The predicted molar refractivity (Wildman–Crippen MR) is 104 cm³/mol. The average molecular weight is 386 g/mol. The van der Waals surface area contributed by atoms with E-state index >= 15 is 0 Å². The van der Waals surface area contributed by atoms with Crippen molar-refractivity contribution < 1.29 is 14.7 Å².